The molecule has 0 bridgehead atoms. The molecule has 29 heavy (non-hydrogen) atoms. The number of carbonyl (C=O) groups is 2. The summed E-state index contributed by atoms with van der Waals surface area (Å²) in [6.07, 6.45) is 7.01. The molecule has 0 aliphatic carbocycles. The van der Waals surface area contributed by atoms with E-state index in [1.807, 2.05) is 12.1 Å². The fourth-order valence-corrected chi connectivity index (χ4v) is 3.56. The van der Waals surface area contributed by atoms with E-state index in [1.54, 1.807) is 24.3 Å². The minimum absolute atomic E-state index is 0.0960. The smallest absolute Gasteiger partial charge is 0.255 e. The summed E-state index contributed by atoms with van der Waals surface area (Å²) in [6.45, 7) is 5.02. The molecular formula is C24H31N3O2. The Bertz CT molecular complexity index is 794. The standard InChI is InChI=1S/C24H31N3O2/c1-2-3-5-16-25-23(28)19-8-10-20(11-9-19)24(29)26-21-12-14-22(15-13-21)27-17-6-4-7-18-27/h8-15H,2-7,16-18H2,1H3,(H,25,28)(H,26,29). The molecule has 1 aliphatic heterocycles. The molecule has 0 atom stereocenters. The second kappa shape index (κ2) is 10.6. The molecule has 5 heteroatoms. The molecule has 2 aromatic rings. The normalized spacial score (nSPS) is 13.8. The number of hydrogen-bond acceptors (Lipinski definition) is 3. The molecule has 1 saturated heterocycles. The maximum absolute atomic E-state index is 12.5. The van der Waals surface area contributed by atoms with Crippen molar-refractivity contribution < 1.29 is 9.59 Å². The Hall–Kier alpha value is -2.82. The molecule has 2 N–H and O–H groups in total. The van der Waals surface area contributed by atoms with Gasteiger partial charge in [0, 0.05) is 42.1 Å². The summed E-state index contributed by atoms with van der Waals surface area (Å²) in [7, 11) is 0. The largest absolute Gasteiger partial charge is 0.372 e. The first-order valence-electron chi connectivity index (χ1n) is 10.7. The summed E-state index contributed by atoms with van der Waals surface area (Å²) >= 11 is 0. The zero-order chi connectivity index (χ0) is 20.5. The maximum atomic E-state index is 12.5. The Morgan fingerprint density at radius 1 is 0.828 bits per heavy atom. The molecule has 0 radical (unpaired) electrons. The Balaban J connectivity index is 1.53. The number of benzene rings is 2. The molecule has 1 heterocycles. The number of hydrogen-bond donors (Lipinski definition) is 2. The van der Waals surface area contributed by atoms with Gasteiger partial charge in [0.05, 0.1) is 0 Å². The third-order valence-electron chi connectivity index (χ3n) is 5.32. The Morgan fingerprint density at radius 2 is 1.45 bits per heavy atom. The SMILES string of the molecule is CCCCCNC(=O)c1ccc(C(=O)Nc2ccc(N3CCCCC3)cc2)cc1. The number of unbranched alkanes of at least 4 members (excludes halogenated alkanes) is 2. The summed E-state index contributed by atoms with van der Waals surface area (Å²) in [5.41, 5.74) is 3.09. The second-order valence-corrected chi connectivity index (χ2v) is 7.59. The number of nitrogens with zero attached hydrogens (tertiary/aromatic N) is 1. The molecule has 2 aromatic carbocycles. The van der Waals surface area contributed by atoms with Crippen molar-refractivity contribution in [2.24, 2.45) is 0 Å². The van der Waals surface area contributed by atoms with Crippen molar-refractivity contribution in [3.63, 3.8) is 0 Å². The van der Waals surface area contributed by atoms with Crippen molar-refractivity contribution >= 4 is 23.2 Å². The molecule has 1 fully saturated rings. The minimum Gasteiger partial charge on any atom is -0.372 e. The van der Waals surface area contributed by atoms with Crippen LogP contribution < -0.4 is 15.5 Å². The predicted octanol–water partition coefficient (Wildman–Crippen LogP) is 4.85. The first kappa shape index (κ1) is 20.9. The number of anilines is 2. The number of amides is 2. The van der Waals surface area contributed by atoms with E-state index in [0.717, 1.165) is 38.0 Å². The van der Waals surface area contributed by atoms with Gasteiger partial charge in [0.25, 0.3) is 11.8 Å². The van der Waals surface area contributed by atoms with Crippen LogP contribution in [0.1, 0.15) is 66.2 Å². The highest BCUT2D eigenvalue weighted by molar-refractivity contribution is 6.05. The first-order chi connectivity index (χ1) is 14.2. The Kier molecular flexibility index (Phi) is 7.68. The van der Waals surface area contributed by atoms with Crippen LogP contribution in [0.5, 0.6) is 0 Å². The molecule has 5 nitrogen and oxygen atoms in total. The van der Waals surface area contributed by atoms with Gasteiger partial charge < -0.3 is 15.5 Å². The molecule has 0 unspecified atom stereocenters. The zero-order valence-electron chi connectivity index (χ0n) is 17.2. The highest BCUT2D eigenvalue weighted by Gasteiger charge is 2.12. The van der Waals surface area contributed by atoms with Gasteiger partial charge in [0.2, 0.25) is 0 Å². The second-order valence-electron chi connectivity index (χ2n) is 7.59. The lowest BCUT2D eigenvalue weighted by Gasteiger charge is -2.28. The van der Waals surface area contributed by atoms with Gasteiger partial charge in [-0.3, -0.25) is 9.59 Å². The highest BCUT2D eigenvalue weighted by atomic mass is 16.2. The number of nitrogens with one attached hydrogen (secondary N) is 2. The Morgan fingerprint density at radius 3 is 2.07 bits per heavy atom. The van der Waals surface area contributed by atoms with Crippen LogP contribution >= 0.6 is 0 Å². The lowest BCUT2D eigenvalue weighted by Crippen LogP contribution is -2.29. The predicted molar refractivity (Wildman–Crippen MR) is 119 cm³/mol. The highest BCUT2D eigenvalue weighted by Crippen LogP contribution is 2.22. The first-order valence-corrected chi connectivity index (χ1v) is 10.7. The van der Waals surface area contributed by atoms with Crippen molar-refractivity contribution in [1.82, 2.24) is 5.32 Å². The van der Waals surface area contributed by atoms with Crippen LogP contribution in [-0.4, -0.2) is 31.4 Å². The van der Waals surface area contributed by atoms with Crippen molar-refractivity contribution in [1.29, 1.82) is 0 Å². The fraction of sp³-hybridized carbons (Fsp3) is 0.417. The van der Waals surface area contributed by atoms with Crippen LogP contribution in [0.4, 0.5) is 11.4 Å². The molecule has 1 aliphatic rings. The summed E-state index contributed by atoms with van der Waals surface area (Å²) < 4.78 is 0. The molecule has 2 amide bonds. The molecule has 0 spiro atoms. The van der Waals surface area contributed by atoms with E-state index in [0.29, 0.717) is 17.7 Å². The van der Waals surface area contributed by atoms with Gasteiger partial charge in [-0.05, 0) is 74.2 Å². The fourth-order valence-electron chi connectivity index (χ4n) is 3.56. The quantitative estimate of drug-likeness (QED) is 0.630. The molecule has 3 rings (SSSR count). The molecule has 0 aromatic heterocycles. The lowest BCUT2D eigenvalue weighted by molar-refractivity contribution is 0.0951. The van der Waals surface area contributed by atoms with Gasteiger partial charge in [-0.2, -0.15) is 0 Å². The molecule has 154 valence electrons. The number of piperidine rings is 1. The average molecular weight is 394 g/mol. The summed E-state index contributed by atoms with van der Waals surface area (Å²) in [5, 5.41) is 5.84. The van der Waals surface area contributed by atoms with E-state index in [4.69, 9.17) is 0 Å². The molecule has 0 saturated carbocycles. The minimum atomic E-state index is -0.175. The van der Waals surface area contributed by atoms with Gasteiger partial charge in [0.1, 0.15) is 0 Å². The van der Waals surface area contributed by atoms with Gasteiger partial charge in [-0.15, -0.1) is 0 Å². The number of carbonyl (C=O) groups excluding carboxylic acids is 2. The number of rotatable bonds is 8. The van der Waals surface area contributed by atoms with Crippen molar-refractivity contribution in [3.05, 3.63) is 59.7 Å². The topological polar surface area (TPSA) is 61.4 Å². The zero-order valence-corrected chi connectivity index (χ0v) is 17.2. The Labute approximate surface area is 173 Å². The van der Waals surface area contributed by atoms with Gasteiger partial charge in [-0.25, -0.2) is 0 Å². The van der Waals surface area contributed by atoms with Crippen LogP contribution in [0, 0.1) is 0 Å². The van der Waals surface area contributed by atoms with Gasteiger partial charge in [0.15, 0.2) is 0 Å². The van der Waals surface area contributed by atoms with E-state index >= 15 is 0 Å². The van der Waals surface area contributed by atoms with Crippen molar-refractivity contribution in [2.45, 2.75) is 45.4 Å². The third-order valence-corrected chi connectivity index (χ3v) is 5.32. The monoisotopic (exact) mass is 393 g/mol. The average Bonchev–Trinajstić information content (AvgIpc) is 2.78. The van der Waals surface area contributed by atoms with Crippen molar-refractivity contribution in [2.75, 3.05) is 29.9 Å². The van der Waals surface area contributed by atoms with Crippen LogP contribution in [0.25, 0.3) is 0 Å². The third kappa shape index (κ3) is 6.08. The van der Waals surface area contributed by atoms with E-state index in [9.17, 15) is 9.59 Å². The van der Waals surface area contributed by atoms with E-state index in [1.165, 1.54) is 24.9 Å². The van der Waals surface area contributed by atoms with Crippen molar-refractivity contribution in [3.8, 4) is 0 Å². The maximum Gasteiger partial charge on any atom is 0.255 e. The summed E-state index contributed by atoms with van der Waals surface area (Å²) in [6, 6.07) is 14.8. The van der Waals surface area contributed by atoms with Gasteiger partial charge >= 0.3 is 0 Å². The summed E-state index contributed by atoms with van der Waals surface area (Å²) in [4.78, 5) is 27.0. The van der Waals surface area contributed by atoms with Crippen LogP contribution in [-0.2, 0) is 0 Å². The van der Waals surface area contributed by atoms with Crippen LogP contribution in [0.15, 0.2) is 48.5 Å². The van der Waals surface area contributed by atoms with E-state index in [2.05, 4.69) is 34.6 Å². The van der Waals surface area contributed by atoms with Crippen LogP contribution in [0.3, 0.4) is 0 Å². The van der Waals surface area contributed by atoms with E-state index < -0.39 is 0 Å². The lowest BCUT2D eigenvalue weighted by atomic mass is 10.1. The van der Waals surface area contributed by atoms with Gasteiger partial charge in [-0.1, -0.05) is 19.8 Å². The van der Waals surface area contributed by atoms with E-state index in [-0.39, 0.29) is 11.8 Å². The van der Waals surface area contributed by atoms with Crippen LogP contribution in [0.2, 0.25) is 0 Å². The summed E-state index contributed by atoms with van der Waals surface area (Å²) in [5.74, 6) is -0.271. The molecular weight excluding hydrogens is 362 g/mol.